The van der Waals surface area contributed by atoms with Crippen LogP contribution in [0, 0.1) is 11.8 Å². The standard InChI is InChI=1S/C12H18N2O4/c15-11(7-3-6-1-2-9(7)13-6)14-10-5-18-4-8(10)12(16)17/h6-10,13H,1-5H2,(H,14,15)(H,16,17). The molecule has 3 rings (SSSR count). The number of carbonyl (C=O) groups excluding carboxylic acids is 1. The average molecular weight is 254 g/mol. The van der Waals surface area contributed by atoms with Crippen molar-refractivity contribution in [2.75, 3.05) is 13.2 Å². The van der Waals surface area contributed by atoms with Crippen molar-refractivity contribution in [3.8, 4) is 0 Å². The van der Waals surface area contributed by atoms with E-state index < -0.39 is 11.9 Å². The lowest BCUT2D eigenvalue weighted by Crippen LogP contribution is -2.47. The summed E-state index contributed by atoms with van der Waals surface area (Å²) < 4.78 is 5.15. The van der Waals surface area contributed by atoms with Gasteiger partial charge in [-0.3, -0.25) is 9.59 Å². The van der Waals surface area contributed by atoms with Gasteiger partial charge in [-0.2, -0.15) is 0 Å². The summed E-state index contributed by atoms with van der Waals surface area (Å²) in [5.41, 5.74) is 0. The number of ether oxygens (including phenoxy) is 1. The Morgan fingerprint density at radius 3 is 2.67 bits per heavy atom. The second-order valence-electron chi connectivity index (χ2n) is 5.49. The minimum Gasteiger partial charge on any atom is -0.481 e. The molecule has 2 bridgehead atoms. The SMILES string of the molecule is O=C(O)C1COCC1NC(=O)C1CC2CCC1N2. The molecule has 0 radical (unpaired) electrons. The maximum atomic E-state index is 12.2. The maximum absolute atomic E-state index is 12.2. The van der Waals surface area contributed by atoms with Crippen LogP contribution in [0.1, 0.15) is 19.3 Å². The van der Waals surface area contributed by atoms with Gasteiger partial charge in [-0.15, -0.1) is 0 Å². The van der Waals surface area contributed by atoms with E-state index in [-0.39, 0.29) is 30.5 Å². The van der Waals surface area contributed by atoms with E-state index in [9.17, 15) is 9.59 Å². The first-order valence-electron chi connectivity index (χ1n) is 6.52. The molecular formula is C12H18N2O4. The summed E-state index contributed by atoms with van der Waals surface area (Å²) >= 11 is 0. The highest BCUT2D eigenvalue weighted by Gasteiger charge is 2.44. The van der Waals surface area contributed by atoms with Crippen molar-refractivity contribution in [1.29, 1.82) is 0 Å². The second-order valence-corrected chi connectivity index (χ2v) is 5.49. The molecule has 1 amide bonds. The van der Waals surface area contributed by atoms with E-state index in [2.05, 4.69) is 10.6 Å². The first-order valence-corrected chi connectivity index (χ1v) is 6.52. The van der Waals surface area contributed by atoms with E-state index in [1.807, 2.05) is 0 Å². The van der Waals surface area contributed by atoms with Crippen molar-refractivity contribution >= 4 is 11.9 Å². The molecule has 3 fully saturated rings. The molecule has 0 aromatic carbocycles. The third-order valence-corrected chi connectivity index (χ3v) is 4.36. The van der Waals surface area contributed by atoms with Crippen molar-refractivity contribution in [2.45, 2.75) is 37.4 Å². The number of carbonyl (C=O) groups is 2. The minimum absolute atomic E-state index is 0.00112. The molecule has 3 aliphatic heterocycles. The second kappa shape index (κ2) is 4.51. The fourth-order valence-electron chi connectivity index (χ4n) is 3.34. The van der Waals surface area contributed by atoms with Crippen LogP contribution in [0.2, 0.25) is 0 Å². The summed E-state index contributed by atoms with van der Waals surface area (Å²) in [6.45, 7) is 0.492. The van der Waals surface area contributed by atoms with Gasteiger partial charge in [0.05, 0.1) is 25.2 Å². The van der Waals surface area contributed by atoms with Crippen LogP contribution < -0.4 is 10.6 Å². The predicted octanol–water partition coefficient (Wildman–Crippen LogP) is -0.657. The van der Waals surface area contributed by atoms with Crippen LogP contribution in [0.3, 0.4) is 0 Å². The quantitative estimate of drug-likeness (QED) is 0.622. The van der Waals surface area contributed by atoms with Gasteiger partial charge in [0.15, 0.2) is 0 Å². The number of carboxylic acid groups (broad SMARTS) is 1. The van der Waals surface area contributed by atoms with Gasteiger partial charge in [-0.05, 0) is 19.3 Å². The molecule has 3 heterocycles. The van der Waals surface area contributed by atoms with Crippen LogP contribution in [0.5, 0.6) is 0 Å². The third-order valence-electron chi connectivity index (χ3n) is 4.36. The Labute approximate surface area is 105 Å². The summed E-state index contributed by atoms with van der Waals surface area (Å²) in [5.74, 6) is -1.53. The Hall–Kier alpha value is -1.14. The molecule has 3 N–H and O–H groups in total. The molecule has 0 saturated carbocycles. The van der Waals surface area contributed by atoms with E-state index in [0.29, 0.717) is 12.6 Å². The summed E-state index contributed by atoms with van der Waals surface area (Å²) in [6, 6.07) is 0.371. The van der Waals surface area contributed by atoms with Crippen LogP contribution in [-0.2, 0) is 14.3 Å². The molecule has 0 spiro atoms. The average Bonchev–Trinajstić information content (AvgIpc) is 3.03. The normalized spacial score (nSPS) is 42.1. The number of hydrogen-bond acceptors (Lipinski definition) is 4. The first-order chi connectivity index (χ1) is 8.65. The highest BCUT2D eigenvalue weighted by molar-refractivity contribution is 5.81. The van der Waals surface area contributed by atoms with E-state index >= 15 is 0 Å². The molecule has 5 atom stereocenters. The van der Waals surface area contributed by atoms with E-state index in [0.717, 1.165) is 19.3 Å². The topological polar surface area (TPSA) is 87.7 Å². The smallest absolute Gasteiger partial charge is 0.311 e. The fraction of sp³-hybridized carbons (Fsp3) is 0.833. The lowest BCUT2D eigenvalue weighted by molar-refractivity contribution is -0.142. The lowest BCUT2D eigenvalue weighted by Gasteiger charge is -2.23. The zero-order valence-corrected chi connectivity index (χ0v) is 10.1. The Kier molecular flexibility index (Phi) is 2.99. The molecule has 100 valence electrons. The van der Waals surface area contributed by atoms with Crippen LogP contribution in [0.15, 0.2) is 0 Å². The third kappa shape index (κ3) is 1.99. The predicted molar refractivity (Wildman–Crippen MR) is 61.9 cm³/mol. The Morgan fingerprint density at radius 1 is 1.22 bits per heavy atom. The molecule has 18 heavy (non-hydrogen) atoms. The largest absolute Gasteiger partial charge is 0.481 e. The van der Waals surface area contributed by atoms with Gasteiger partial charge in [0.1, 0.15) is 5.92 Å². The molecule has 3 aliphatic rings. The van der Waals surface area contributed by atoms with Gasteiger partial charge in [-0.1, -0.05) is 0 Å². The highest BCUT2D eigenvalue weighted by atomic mass is 16.5. The van der Waals surface area contributed by atoms with Crippen molar-refractivity contribution in [2.24, 2.45) is 11.8 Å². The van der Waals surface area contributed by atoms with Gasteiger partial charge in [0.25, 0.3) is 0 Å². The molecule has 6 heteroatoms. The van der Waals surface area contributed by atoms with Crippen LogP contribution in [0.25, 0.3) is 0 Å². The number of amides is 1. The zero-order valence-electron chi connectivity index (χ0n) is 10.1. The lowest BCUT2D eigenvalue weighted by atomic mass is 9.88. The summed E-state index contributed by atoms with van der Waals surface area (Å²) in [7, 11) is 0. The van der Waals surface area contributed by atoms with E-state index in [1.54, 1.807) is 0 Å². The first kappa shape index (κ1) is 11.9. The number of carboxylic acids is 1. The van der Waals surface area contributed by atoms with Crippen LogP contribution in [-0.4, -0.2) is 48.3 Å². The summed E-state index contributed by atoms with van der Waals surface area (Å²) in [4.78, 5) is 23.2. The molecule has 6 nitrogen and oxygen atoms in total. The van der Waals surface area contributed by atoms with Gasteiger partial charge < -0.3 is 20.5 Å². The van der Waals surface area contributed by atoms with E-state index in [1.165, 1.54) is 0 Å². The Balaban J connectivity index is 1.59. The monoisotopic (exact) mass is 254 g/mol. The van der Waals surface area contributed by atoms with Gasteiger partial charge >= 0.3 is 5.97 Å². The van der Waals surface area contributed by atoms with Gasteiger partial charge in [0.2, 0.25) is 5.91 Å². The fourth-order valence-corrected chi connectivity index (χ4v) is 3.34. The number of hydrogen-bond donors (Lipinski definition) is 3. The van der Waals surface area contributed by atoms with Crippen molar-refractivity contribution < 1.29 is 19.4 Å². The van der Waals surface area contributed by atoms with E-state index in [4.69, 9.17) is 9.84 Å². The number of aliphatic carboxylic acids is 1. The number of rotatable bonds is 3. The minimum atomic E-state index is -0.899. The number of fused-ring (bicyclic) bond motifs is 2. The zero-order chi connectivity index (χ0) is 12.7. The van der Waals surface area contributed by atoms with Crippen molar-refractivity contribution in [3.05, 3.63) is 0 Å². The van der Waals surface area contributed by atoms with Gasteiger partial charge in [0, 0.05) is 12.1 Å². The van der Waals surface area contributed by atoms with Crippen molar-refractivity contribution in [3.63, 3.8) is 0 Å². The maximum Gasteiger partial charge on any atom is 0.311 e. The molecular weight excluding hydrogens is 236 g/mol. The molecule has 5 unspecified atom stereocenters. The number of nitrogens with one attached hydrogen (secondary N) is 2. The molecule has 0 aliphatic carbocycles. The summed E-state index contributed by atoms with van der Waals surface area (Å²) in [5, 5.41) is 15.3. The molecule has 0 aromatic heterocycles. The Bertz CT molecular complexity index is 373. The van der Waals surface area contributed by atoms with Crippen molar-refractivity contribution in [1.82, 2.24) is 10.6 Å². The highest BCUT2D eigenvalue weighted by Crippen LogP contribution is 2.33. The van der Waals surface area contributed by atoms with Gasteiger partial charge in [-0.25, -0.2) is 0 Å². The molecule has 0 aromatic rings. The molecule has 3 saturated heterocycles. The van der Waals surface area contributed by atoms with Crippen LogP contribution >= 0.6 is 0 Å². The Morgan fingerprint density at radius 2 is 2.06 bits per heavy atom. The van der Waals surface area contributed by atoms with Crippen LogP contribution in [0.4, 0.5) is 0 Å². The summed E-state index contributed by atoms with van der Waals surface area (Å²) in [6.07, 6.45) is 3.08.